The van der Waals surface area contributed by atoms with E-state index in [0.717, 1.165) is 12.0 Å². The first kappa shape index (κ1) is 17.1. The summed E-state index contributed by atoms with van der Waals surface area (Å²) in [4.78, 5) is 20.6. The first-order valence-corrected chi connectivity index (χ1v) is 8.86. The van der Waals surface area contributed by atoms with Crippen LogP contribution in [0.3, 0.4) is 0 Å². The largest absolute Gasteiger partial charge is 0.366 e. The van der Waals surface area contributed by atoms with E-state index >= 15 is 0 Å². The van der Waals surface area contributed by atoms with Gasteiger partial charge in [0, 0.05) is 37.2 Å². The van der Waals surface area contributed by atoms with Crippen LogP contribution in [0.5, 0.6) is 0 Å². The summed E-state index contributed by atoms with van der Waals surface area (Å²) in [6.45, 7) is 1.33. The van der Waals surface area contributed by atoms with Crippen molar-refractivity contribution in [2.45, 2.75) is 38.6 Å². The smallest absolute Gasteiger partial charge is 0.251 e. The molecule has 2 aromatic heterocycles. The molecule has 2 aromatic rings. The molecule has 0 unspecified atom stereocenters. The molecule has 0 bridgehead atoms. The van der Waals surface area contributed by atoms with Crippen LogP contribution in [0.25, 0.3) is 0 Å². The highest BCUT2D eigenvalue weighted by molar-refractivity contribution is 5.94. The maximum atomic E-state index is 12.3. The third-order valence-electron chi connectivity index (χ3n) is 4.36. The van der Waals surface area contributed by atoms with Crippen LogP contribution in [0.2, 0.25) is 0 Å². The monoisotopic (exact) mass is 336 g/mol. The fourth-order valence-electron chi connectivity index (χ4n) is 2.93. The van der Waals surface area contributed by atoms with Crippen molar-refractivity contribution in [3.8, 4) is 0 Å². The molecule has 0 spiro atoms. The zero-order valence-corrected chi connectivity index (χ0v) is 14.4. The normalized spacial score (nSPS) is 13.8. The molecule has 1 amide bonds. The number of pyridine rings is 2. The van der Waals surface area contributed by atoms with Crippen molar-refractivity contribution in [3.05, 3.63) is 65.6 Å². The lowest BCUT2D eigenvalue weighted by Gasteiger charge is -2.13. The van der Waals surface area contributed by atoms with Gasteiger partial charge in [0.25, 0.3) is 5.91 Å². The minimum absolute atomic E-state index is 0.0502. The maximum absolute atomic E-state index is 12.3. The molecule has 0 fully saturated rings. The molecule has 0 aliphatic heterocycles. The van der Waals surface area contributed by atoms with Crippen molar-refractivity contribution in [2.24, 2.45) is 0 Å². The van der Waals surface area contributed by atoms with E-state index in [9.17, 15) is 4.79 Å². The number of nitrogens with one attached hydrogen (secondary N) is 2. The lowest BCUT2D eigenvalue weighted by atomic mass is 9.97. The number of carbonyl (C=O) groups is 1. The van der Waals surface area contributed by atoms with Gasteiger partial charge in [-0.3, -0.25) is 9.78 Å². The van der Waals surface area contributed by atoms with E-state index in [1.807, 2.05) is 12.1 Å². The molecule has 5 heteroatoms. The molecule has 0 atom stereocenters. The molecule has 5 nitrogen and oxygen atoms in total. The standard InChI is InChI=1S/C20H24N4O/c25-20(23-12-8-16-4-2-1-3-5-16)18-9-13-22-19(14-18)24-15-17-6-10-21-11-7-17/h4,6-7,9-11,13-14H,1-3,5,8,12,15H2,(H,22,24)(H,23,25). The van der Waals surface area contributed by atoms with Crippen LogP contribution in [0.1, 0.15) is 48.0 Å². The Morgan fingerprint density at radius 2 is 2.00 bits per heavy atom. The van der Waals surface area contributed by atoms with Crippen molar-refractivity contribution in [1.29, 1.82) is 0 Å². The number of nitrogens with zero attached hydrogens (tertiary/aromatic N) is 2. The van der Waals surface area contributed by atoms with Gasteiger partial charge in [0.1, 0.15) is 5.82 Å². The summed E-state index contributed by atoms with van der Waals surface area (Å²) >= 11 is 0. The molecule has 3 rings (SSSR count). The Morgan fingerprint density at radius 1 is 1.12 bits per heavy atom. The summed E-state index contributed by atoms with van der Waals surface area (Å²) in [5, 5.41) is 6.24. The van der Waals surface area contributed by atoms with E-state index in [1.165, 1.54) is 31.3 Å². The van der Waals surface area contributed by atoms with Crippen LogP contribution in [-0.4, -0.2) is 22.4 Å². The topological polar surface area (TPSA) is 66.9 Å². The summed E-state index contributed by atoms with van der Waals surface area (Å²) in [6, 6.07) is 7.43. The van der Waals surface area contributed by atoms with Crippen molar-refractivity contribution in [1.82, 2.24) is 15.3 Å². The number of anilines is 1. The number of allylic oxidation sites excluding steroid dienone is 1. The number of amides is 1. The van der Waals surface area contributed by atoms with Gasteiger partial charge in [-0.2, -0.15) is 0 Å². The Balaban J connectivity index is 1.49. The van der Waals surface area contributed by atoms with Gasteiger partial charge >= 0.3 is 0 Å². The number of carbonyl (C=O) groups excluding carboxylic acids is 1. The third kappa shape index (κ3) is 5.41. The van der Waals surface area contributed by atoms with Crippen molar-refractivity contribution in [3.63, 3.8) is 0 Å². The van der Waals surface area contributed by atoms with Gasteiger partial charge in [0.2, 0.25) is 0 Å². The average molecular weight is 336 g/mol. The van der Waals surface area contributed by atoms with Gasteiger partial charge in [-0.05, 0) is 61.9 Å². The van der Waals surface area contributed by atoms with Crippen LogP contribution in [0, 0.1) is 0 Å². The first-order valence-electron chi connectivity index (χ1n) is 8.86. The van der Waals surface area contributed by atoms with Crippen LogP contribution in [0.15, 0.2) is 54.5 Å². The highest BCUT2D eigenvalue weighted by atomic mass is 16.1. The van der Waals surface area contributed by atoms with Gasteiger partial charge in [-0.25, -0.2) is 4.98 Å². The van der Waals surface area contributed by atoms with Gasteiger partial charge in [0.15, 0.2) is 0 Å². The van der Waals surface area contributed by atoms with Crippen molar-refractivity contribution in [2.75, 3.05) is 11.9 Å². The Morgan fingerprint density at radius 3 is 2.80 bits per heavy atom. The van der Waals surface area contributed by atoms with Gasteiger partial charge in [0.05, 0.1) is 0 Å². The van der Waals surface area contributed by atoms with Crippen molar-refractivity contribution < 1.29 is 4.79 Å². The van der Waals surface area contributed by atoms with Crippen LogP contribution in [-0.2, 0) is 6.54 Å². The third-order valence-corrected chi connectivity index (χ3v) is 4.36. The second kappa shape index (κ2) is 8.97. The molecular weight excluding hydrogens is 312 g/mol. The lowest BCUT2D eigenvalue weighted by Crippen LogP contribution is -2.25. The zero-order chi connectivity index (χ0) is 17.3. The fraction of sp³-hybridized carbons (Fsp3) is 0.350. The molecule has 0 saturated heterocycles. The van der Waals surface area contributed by atoms with Gasteiger partial charge < -0.3 is 10.6 Å². The number of hydrogen-bond acceptors (Lipinski definition) is 4. The summed E-state index contributed by atoms with van der Waals surface area (Å²) in [5.41, 5.74) is 3.22. The summed E-state index contributed by atoms with van der Waals surface area (Å²) in [7, 11) is 0. The summed E-state index contributed by atoms with van der Waals surface area (Å²) in [6.07, 6.45) is 13.4. The molecule has 25 heavy (non-hydrogen) atoms. The minimum Gasteiger partial charge on any atom is -0.366 e. The van der Waals surface area contributed by atoms with E-state index in [4.69, 9.17) is 0 Å². The number of hydrogen-bond donors (Lipinski definition) is 2. The lowest BCUT2D eigenvalue weighted by molar-refractivity contribution is 0.0954. The molecule has 0 radical (unpaired) electrons. The number of aromatic nitrogens is 2. The predicted octanol–water partition coefficient (Wildman–Crippen LogP) is 3.71. The second-order valence-corrected chi connectivity index (χ2v) is 6.25. The van der Waals surface area contributed by atoms with E-state index in [0.29, 0.717) is 24.5 Å². The van der Waals surface area contributed by atoms with E-state index < -0.39 is 0 Å². The molecule has 2 heterocycles. The molecule has 1 aliphatic carbocycles. The SMILES string of the molecule is O=C(NCCC1=CCCCC1)c1ccnc(NCc2ccncc2)c1. The number of rotatable bonds is 7. The Bertz CT molecular complexity index is 727. The van der Waals surface area contributed by atoms with Crippen molar-refractivity contribution >= 4 is 11.7 Å². The Labute approximate surface area is 148 Å². The molecule has 130 valence electrons. The summed E-state index contributed by atoms with van der Waals surface area (Å²) in [5.74, 6) is 0.644. The molecule has 2 N–H and O–H groups in total. The van der Waals surface area contributed by atoms with E-state index in [1.54, 1.807) is 30.7 Å². The Kier molecular flexibility index (Phi) is 6.15. The second-order valence-electron chi connectivity index (χ2n) is 6.25. The molecule has 0 aromatic carbocycles. The average Bonchev–Trinajstić information content (AvgIpc) is 2.68. The quantitative estimate of drug-likeness (QED) is 0.757. The highest BCUT2D eigenvalue weighted by Crippen LogP contribution is 2.19. The van der Waals surface area contributed by atoms with E-state index in [-0.39, 0.29) is 5.91 Å². The van der Waals surface area contributed by atoms with Gasteiger partial charge in [-0.1, -0.05) is 11.6 Å². The summed E-state index contributed by atoms with van der Waals surface area (Å²) < 4.78 is 0. The maximum Gasteiger partial charge on any atom is 0.251 e. The predicted molar refractivity (Wildman–Crippen MR) is 99.3 cm³/mol. The minimum atomic E-state index is -0.0502. The highest BCUT2D eigenvalue weighted by Gasteiger charge is 2.08. The van der Waals surface area contributed by atoms with Crippen LogP contribution in [0.4, 0.5) is 5.82 Å². The molecule has 0 saturated carbocycles. The molecular formula is C20H24N4O. The van der Waals surface area contributed by atoms with Gasteiger partial charge in [-0.15, -0.1) is 0 Å². The fourth-order valence-corrected chi connectivity index (χ4v) is 2.93. The first-order chi connectivity index (χ1) is 12.3. The van der Waals surface area contributed by atoms with E-state index in [2.05, 4.69) is 26.7 Å². The van der Waals surface area contributed by atoms with Crippen LogP contribution < -0.4 is 10.6 Å². The Hall–Kier alpha value is -2.69. The molecule has 1 aliphatic rings. The zero-order valence-electron chi connectivity index (χ0n) is 14.4. The van der Waals surface area contributed by atoms with Crippen LogP contribution >= 0.6 is 0 Å².